The lowest BCUT2D eigenvalue weighted by molar-refractivity contribution is -0.140. The van der Waals surface area contributed by atoms with Crippen molar-refractivity contribution >= 4 is 41.4 Å². The van der Waals surface area contributed by atoms with Crippen molar-refractivity contribution in [2.75, 3.05) is 13.2 Å². The number of aromatic nitrogens is 2. The molecule has 0 radical (unpaired) electrons. The molecule has 4 aromatic carbocycles. The zero-order valence-corrected chi connectivity index (χ0v) is 39.9. The summed E-state index contributed by atoms with van der Waals surface area (Å²) in [5, 5.41) is 59.7. The fraction of sp³-hybridized carbons (Fsp3) is 0.269. The van der Waals surface area contributed by atoms with Gasteiger partial charge in [0.2, 0.25) is 0 Å². The minimum Gasteiger partial charge on any atom is -0.488 e. The van der Waals surface area contributed by atoms with E-state index in [2.05, 4.69) is 26.7 Å². The number of carbonyl (C=O) groups is 2. The number of hydrogen-bond acceptors (Lipinski definition) is 13. The van der Waals surface area contributed by atoms with Gasteiger partial charge in [-0.2, -0.15) is 5.26 Å². The van der Waals surface area contributed by atoms with Crippen LogP contribution in [0.2, 0.25) is 10.0 Å². The highest BCUT2D eigenvalue weighted by molar-refractivity contribution is 6.32. The molecule has 0 saturated carbocycles. The zero-order chi connectivity index (χ0) is 50.2. The summed E-state index contributed by atoms with van der Waals surface area (Å²) < 4.78 is 25.1. The number of ether oxygens (including phenoxy) is 4. The molecule has 364 valence electrons. The second kappa shape index (κ2) is 25.5. The van der Waals surface area contributed by atoms with Gasteiger partial charge >= 0.3 is 11.9 Å². The van der Waals surface area contributed by atoms with Gasteiger partial charge in [0, 0.05) is 97.1 Å². The Morgan fingerprint density at radius 2 is 1.19 bits per heavy atom. The van der Waals surface area contributed by atoms with Crippen molar-refractivity contribution in [1.82, 2.24) is 20.6 Å². The largest absolute Gasteiger partial charge is 0.488 e. The summed E-state index contributed by atoms with van der Waals surface area (Å²) in [6, 6.07) is 22.1. The van der Waals surface area contributed by atoms with Crippen molar-refractivity contribution in [1.29, 1.82) is 10.7 Å². The maximum Gasteiger partial charge on any atom is 0.321 e. The van der Waals surface area contributed by atoms with Crippen LogP contribution in [0.5, 0.6) is 23.0 Å². The third kappa shape index (κ3) is 14.0. The topological polar surface area (TPSA) is 252 Å². The molecule has 2 aromatic heterocycles. The highest BCUT2D eigenvalue weighted by atomic mass is 35.5. The quantitative estimate of drug-likeness (QED) is 0.0224. The van der Waals surface area contributed by atoms with Gasteiger partial charge in [-0.1, -0.05) is 59.6 Å². The Morgan fingerprint density at radius 1 is 0.700 bits per heavy atom. The molecule has 18 heteroatoms. The van der Waals surface area contributed by atoms with Gasteiger partial charge < -0.3 is 50.1 Å². The van der Waals surface area contributed by atoms with E-state index in [1.54, 1.807) is 55.0 Å². The summed E-state index contributed by atoms with van der Waals surface area (Å²) >= 11 is 13.6. The van der Waals surface area contributed by atoms with Crippen molar-refractivity contribution in [3.05, 3.63) is 163 Å². The minimum atomic E-state index is -1.10. The second-order valence-electron chi connectivity index (χ2n) is 16.2. The van der Waals surface area contributed by atoms with E-state index in [-0.39, 0.29) is 75.6 Å². The van der Waals surface area contributed by atoms with Crippen LogP contribution in [0.4, 0.5) is 0 Å². The number of aliphatic hydroxyl groups excluding tert-OH is 1. The van der Waals surface area contributed by atoms with Gasteiger partial charge in [0.15, 0.2) is 0 Å². The van der Waals surface area contributed by atoms with Gasteiger partial charge in [-0.15, -0.1) is 0 Å². The molecule has 6 aromatic rings. The first-order chi connectivity index (χ1) is 33.8. The van der Waals surface area contributed by atoms with E-state index in [0.717, 1.165) is 33.4 Å². The molecule has 0 saturated heterocycles. The summed E-state index contributed by atoms with van der Waals surface area (Å²) in [5.74, 6) is -0.722. The second-order valence-corrected chi connectivity index (χ2v) is 17.0. The first kappa shape index (κ1) is 52.3. The highest BCUT2D eigenvalue weighted by Crippen LogP contribution is 2.37. The number of halogens is 2. The van der Waals surface area contributed by atoms with Gasteiger partial charge in [0.05, 0.1) is 15.6 Å². The average Bonchev–Trinajstić information content (AvgIpc) is 3.35. The molecule has 0 spiro atoms. The Labute approximate surface area is 414 Å². The van der Waals surface area contributed by atoms with Crippen LogP contribution in [-0.2, 0) is 49.1 Å². The number of hydrogen-bond donors (Lipinski definition) is 6. The number of benzene rings is 4. The van der Waals surface area contributed by atoms with Crippen molar-refractivity contribution < 1.29 is 49.0 Å². The molecule has 0 unspecified atom stereocenters. The molecule has 0 aliphatic heterocycles. The van der Waals surface area contributed by atoms with E-state index in [1.165, 1.54) is 12.4 Å². The molecular weight excluding hydrogens is 940 g/mol. The van der Waals surface area contributed by atoms with Gasteiger partial charge in [0.25, 0.3) is 0 Å². The number of rotatable bonds is 26. The van der Waals surface area contributed by atoms with Crippen LogP contribution >= 0.6 is 23.2 Å². The van der Waals surface area contributed by atoms with E-state index in [1.807, 2.05) is 50.2 Å². The number of nitriles is 1. The number of aliphatic hydroxyl groups is 1. The van der Waals surface area contributed by atoms with Crippen molar-refractivity contribution in [3.63, 3.8) is 0 Å². The molecule has 8 N–H and O–H groups in total. The maximum absolute atomic E-state index is 11.8. The lowest BCUT2D eigenvalue weighted by Crippen LogP contribution is -2.37. The molecule has 0 fully saturated rings. The predicted octanol–water partition coefficient (Wildman–Crippen LogP) is 7.84. The fourth-order valence-corrected chi connectivity index (χ4v) is 7.95. The lowest BCUT2D eigenvalue weighted by atomic mass is 9.92. The van der Waals surface area contributed by atoms with Crippen molar-refractivity contribution in [2.24, 2.45) is 0 Å². The average molecular weight is 993 g/mol. The Kier molecular flexibility index (Phi) is 19.0. The SMILES string of the molecule is Cc1c(COc2cc(OCc3cncc(C#N)c3)c(CN[C@@H](CC[OH2+])C(=O)O)cc2Cl)cccc1-c1cccc(COc2cc(OCc3cncc(C=N)c3)c(CN[C@H](CCO)C(=O)O)cc2Cl)c1C. The summed E-state index contributed by atoms with van der Waals surface area (Å²) in [4.78, 5) is 31.9. The lowest BCUT2D eigenvalue weighted by Gasteiger charge is -2.19. The third-order valence-corrected chi connectivity index (χ3v) is 12.0. The smallest absolute Gasteiger partial charge is 0.321 e. The molecule has 6 rings (SSSR count). The van der Waals surface area contributed by atoms with Crippen LogP contribution in [0, 0.1) is 30.6 Å². The molecule has 2 heterocycles. The van der Waals surface area contributed by atoms with Crippen LogP contribution < -0.4 is 29.6 Å². The van der Waals surface area contributed by atoms with E-state index in [0.29, 0.717) is 56.4 Å². The van der Waals surface area contributed by atoms with E-state index >= 15 is 0 Å². The number of carboxylic acid groups (broad SMARTS) is 2. The molecule has 0 aliphatic carbocycles. The summed E-state index contributed by atoms with van der Waals surface area (Å²) in [6.45, 7) is 4.27. The number of aliphatic carboxylic acids is 2. The van der Waals surface area contributed by atoms with Crippen LogP contribution in [0.25, 0.3) is 11.1 Å². The molecule has 0 bridgehead atoms. The summed E-state index contributed by atoms with van der Waals surface area (Å²) in [7, 11) is 0. The number of carboxylic acids is 2. The first-order valence-corrected chi connectivity index (χ1v) is 22.9. The monoisotopic (exact) mass is 991 g/mol. The summed E-state index contributed by atoms with van der Waals surface area (Å²) in [5.41, 5.74) is 9.15. The Bertz CT molecular complexity index is 2860. The van der Waals surface area contributed by atoms with Crippen LogP contribution in [0.3, 0.4) is 0 Å². The highest BCUT2D eigenvalue weighted by Gasteiger charge is 2.22. The number of nitrogens with zero attached hydrogens (tertiary/aromatic N) is 3. The van der Waals surface area contributed by atoms with Gasteiger partial charge in [-0.25, -0.2) is 0 Å². The molecule has 16 nitrogen and oxygen atoms in total. The minimum absolute atomic E-state index is 0.00803. The van der Waals surface area contributed by atoms with Gasteiger partial charge in [-0.05, 0) is 77.9 Å². The third-order valence-electron chi connectivity index (χ3n) is 11.4. The van der Waals surface area contributed by atoms with Crippen LogP contribution in [0.15, 0.2) is 97.6 Å². The molecular formula is C52H53Cl2N6O10+. The molecule has 70 heavy (non-hydrogen) atoms. The Balaban J connectivity index is 1.21. The zero-order valence-electron chi connectivity index (χ0n) is 38.4. The van der Waals surface area contributed by atoms with Gasteiger partial charge in [-0.3, -0.25) is 24.9 Å². The van der Waals surface area contributed by atoms with Gasteiger partial charge in [0.1, 0.15) is 74.2 Å². The van der Waals surface area contributed by atoms with Crippen LogP contribution in [-0.4, -0.2) is 73.8 Å². The van der Waals surface area contributed by atoms with Crippen LogP contribution in [0.1, 0.15) is 68.5 Å². The van der Waals surface area contributed by atoms with E-state index < -0.39 is 24.0 Å². The Hall–Kier alpha value is -7.10. The fourth-order valence-electron chi connectivity index (χ4n) is 7.47. The number of pyridine rings is 2. The molecule has 2 atom stereocenters. The van der Waals surface area contributed by atoms with E-state index in [4.69, 9.17) is 52.7 Å². The molecule has 0 amide bonds. The predicted molar refractivity (Wildman–Crippen MR) is 264 cm³/mol. The normalized spacial score (nSPS) is 11.8. The molecule has 0 aliphatic rings. The maximum atomic E-state index is 11.8. The van der Waals surface area contributed by atoms with Crippen molar-refractivity contribution in [3.8, 4) is 40.2 Å². The Morgan fingerprint density at radius 3 is 1.66 bits per heavy atom. The van der Waals surface area contributed by atoms with Crippen molar-refractivity contribution in [2.45, 2.75) is 78.3 Å². The van der Waals surface area contributed by atoms with E-state index in [9.17, 15) is 30.2 Å². The number of nitrogens with one attached hydrogen (secondary N) is 3. The summed E-state index contributed by atoms with van der Waals surface area (Å²) in [6.07, 6.45) is 7.54. The standard InChI is InChI=1S/C52H52Cl2N6O10/c1-31-37(29-69-49-17-47(67-27-35-13-33(19-55)21-57-23-35)39(15-43(49)53)25-59-45(9-11-61)51(63)64)5-3-7-41(31)42-8-4-6-38(32(42)2)30-70-50-18-48(68-28-36-14-34(20-56)22-58-24-36)40(16-44(50)54)26-60-46(10-12-62)52(65)66/h3-8,13-19,21-24,45-46,55,59-62H,9-12,25-30H2,1-2H3,(H,63,64)(H,65,66)/p+1/t45-,46+/m1/s1. The first-order valence-electron chi connectivity index (χ1n) is 22.1.